The van der Waals surface area contributed by atoms with Crippen molar-refractivity contribution in [1.29, 1.82) is 0 Å². The van der Waals surface area contributed by atoms with Crippen molar-refractivity contribution in [1.82, 2.24) is 5.16 Å². The Morgan fingerprint density at radius 3 is 2.92 bits per heavy atom. The van der Waals surface area contributed by atoms with Gasteiger partial charge in [0.1, 0.15) is 5.76 Å². The minimum Gasteiger partial charge on any atom is -0.360 e. The molecule has 0 atom stereocenters. The number of aryl methyl sites for hydroxylation is 1. The molecule has 1 aromatic heterocycles. The lowest BCUT2D eigenvalue weighted by Crippen LogP contribution is -2.20. The fourth-order valence-corrected chi connectivity index (χ4v) is 4.40. The number of hydrogen-bond acceptors (Lipinski definition) is 7. The number of nitrogens with zero attached hydrogens (tertiary/aromatic N) is 1. The Labute approximate surface area is 148 Å². The van der Waals surface area contributed by atoms with Crippen molar-refractivity contribution < 1.29 is 22.5 Å². The van der Waals surface area contributed by atoms with E-state index >= 15 is 0 Å². The summed E-state index contributed by atoms with van der Waals surface area (Å²) in [6, 6.07) is 6.05. The molecule has 0 unspecified atom stereocenters. The predicted molar refractivity (Wildman–Crippen MR) is 92.3 cm³/mol. The predicted octanol–water partition coefficient (Wildman–Crippen LogP) is 1.83. The molecule has 1 aromatic carbocycles. The number of carbonyl (C=O) groups is 2. The van der Waals surface area contributed by atoms with Crippen molar-refractivity contribution in [3.8, 4) is 0 Å². The van der Waals surface area contributed by atoms with Gasteiger partial charge in [0, 0.05) is 17.4 Å². The van der Waals surface area contributed by atoms with Gasteiger partial charge in [-0.05, 0) is 25.1 Å². The van der Waals surface area contributed by atoms with Gasteiger partial charge in [0.2, 0.25) is 11.8 Å². The number of thioether (sulfide) groups is 1. The molecule has 0 bridgehead atoms. The number of rotatable bonds is 5. The molecule has 1 aliphatic rings. The lowest BCUT2D eigenvalue weighted by Gasteiger charge is -2.17. The van der Waals surface area contributed by atoms with Gasteiger partial charge in [-0.3, -0.25) is 9.59 Å². The number of nitrogens with one attached hydrogen (secondary N) is 2. The lowest BCUT2D eigenvalue weighted by atomic mass is 10.3. The molecule has 25 heavy (non-hydrogen) atoms. The zero-order valence-corrected chi connectivity index (χ0v) is 14.9. The van der Waals surface area contributed by atoms with Gasteiger partial charge in [-0.1, -0.05) is 5.16 Å². The lowest BCUT2D eigenvalue weighted by molar-refractivity contribution is -0.116. The Balaban J connectivity index is 1.65. The van der Waals surface area contributed by atoms with E-state index in [0.29, 0.717) is 16.3 Å². The van der Waals surface area contributed by atoms with E-state index in [0.717, 1.165) is 0 Å². The maximum absolute atomic E-state index is 12.4. The van der Waals surface area contributed by atoms with Gasteiger partial charge in [-0.2, -0.15) is 0 Å². The van der Waals surface area contributed by atoms with Crippen LogP contribution in [0.3, 0.4) is 0 Å². The Bertz CT molecular complexity index is 936. The standard InChI is InChI=1S/C15H15N3O5S2/c1-9-6-13(18-23-9)17-14(19)4-5-25(21,22)10-2-3-11-12(7-10)24-8-15(20)16-11/h2-3,6-7H,4-5,8H2,1H3,(H,16,20)(H,17,18,19). The summed E-state index contributed by atoms with van der Waals surface area (Å²) in [5.41, 5.74) is 0.597. The molecule has 2 heterocycles. The van der Waals surface area contributed by atoms with Crippen LogP contribution in [-0.4, -0.2) is 36.9 Å². The second-order valence-electron chi connectivity index (χ2n) is 5.43. The molecule has 0 saturated carbocycles. The molecule has 0 radical (unpaired) electrons. The molecule has 8 nitrogen and oxygen atoms in total. The summed E-state index contributed by atoms with van der Waals surface area (Å²) in [7, 11) is -3.62. The smallest absolute Gasteiger partial charge is 0.234 e. The normalized spacial score (nSPS) is 13.9. The van der Waals surface area contributed by atoms with Crippen molar-refractivity contribution in [2.24, 2.45) is 0 Å². The van der Waals surface area contributed by atoms with Gasteiger partial charge in [-0.15, -0.1) is 11.8 Å². The SMILES string of the molecule is Cc1cc(NC(=O)CCS(=O)(=O)c2ccc3c(c2)SCC(=O)N3)no1. The highest BCUT2D eigenvalue weighted by Crippen LogP contribution is 2.33. The van der Waals surface area contributed by atoms with E-state index in [1.54, 1.807) is 19.1 Å². The van der Waals surface area contributed by atoms with Crippen molar-refractivity contribution in [3.63, 3.8) is 0 Å². The molecule has 2 N–H and O–H groups in total. The van der Waals surface area contributed by atoms with E-state index in [1.165, 1.54) is 23.9 Å². The number of carbonyl (C=O) groups excluding carboxylic acids is 2. The summed E-state index contributed by atoms with van der Waals surface area (Å²) in [5, 5.41) is 8.78. The molecule has 1 aliphatic heterocycles. The summed E-state index contributed by atoms with van der Waals surface area (Å²) in [5.74, 6) is 0.133. The molecule has 2 amide bonds. The number of amides is 2. The molecule has 0 fully saturated rings. The first-order valence-corrected chi connectivity index (χ1v) is 10.00. The molecule has 0 spiro atoms. The van der Waals surface area contributed by atoms with Crippen molar-refractivity contribution in [2.45, 2.75) is 23.1 Å². The second kappa shape index (κ2) is 6.89. The van der Waals surface area contributed by atoms with Gasteiger partial charge >= 0.3 is 0 Å². The van der Waals surface area contributed by atoms with Gasteiger partial charge in [0.25, 0.3) is 0 Å². The summed E-state index contributed by atoms with van der Waals surface area (Å²) in [6.07, 6.45) is -0.199. The average molecular weight is 381 g/mol. The first-order chi connectivity index (χ1) is 11.8. The highest BCUT2D eigenvalue weighted by molar-refractivity contribution is 8.00. The number of aromatic nitrogens is 1. The van der Waals surface area contributed by atoms with Crippen LogP contribution in [0.2, 0.25) is 0 Å². The van der Waals surface area contributed by atoms with Crippen LogP contribution in [-0.2, 0) is 19.4 Å². The third-order valence-electron chi connectivity index (χ3n) is 3.44. The first kappa shape index (κ1) is 17.5. The number of fused-ring (bicyclic) bond motifs is 1. The zero-order valence-electron chi connectivity index (χ0n) is 13.2. The van der Waals surface area contributed by atoms with Crippen LogP contribution in [0.5, 0.6) is 0 Å². The molecular weight excluding hydrogens is 366 g/mol. The van der Waals surface area contributed by atoms with Crippen LogP contribution < -0.4 is 10.6 Å². The fourth-order valence-electron chi connectivity index (χ4n) is 2.22. The molecule has 132 valence electrons. The molecular formula is C15H15N3O5S2. The van der Waals surface area contributed by atoms with Crippen LogP contribution in [0.1, 0.15) is 12.2 Å². The Kier molecular flexibility index (Phi) is 4.82. The number of hydrogen-bond donors (Lipinski definition) is 2. The summed E-state index contributed by atoms with van der Waals surface area (Å²) >= 11 is 1.28. The molecule has 3 rings (SSSR count). The topological polar surface area (TPSA) is 118 Å². The van der Waals surface area contributed by atoms with Crippen LogP contribution in [0.25, 0.3) is 0 Å². The highest BCUT2D eigenvalue weighted by Gasteiger charge is 2.21. The number of benzene rings is 1. The number of sulfone groups is 1. The second-order valence-corrected chi connectivity index (χ2v) is 8.56. The van der Waals surface area contributed by atoms with Crippen molar-refractivity contribution in [3.05, 3.63) is 30.0 Å². The minimum absolute atomic E-state index is 0.118. The van der Waals surface area contributed by atoms with Crippen LogP contribution in [0, 0.1) is 6.92 Å². The Hall–Kier alpha value is -2.33. The largest absolute Gasteiger partial charge is 0.360 e. The Morgan fingerprint density at radius 1 is 1.40 bits per heavy atom. The Morgan fingerprint density at radius 2 is 2.20 bits per heavy atom. The van der Waals surface area contributed by atoms with E-state index < -0.39 is 15.7 Å². The van der Waals surface area contributed by atoms with Crippen LogP contribution in [0.15, 0.2) is 38.6 Å². The van der Waals surface area contributed by atoms with Gasteiger partial charge < -0.3 is 15.2 Å². The van der Waals surface area contributed by atoms with Crippen LogP contribution >= 0.6 is 11.8 Å². The molecule has 2 aromatic rings. The highest BCUT2D eigenvalue weighted by atomic mass is 32.2. The quantitative estimate of drug-likeness (QED) is 0.811. The van der Waals surface area contributed by atoms with E-state index in [9.17, 15) is 18.0 Å². The summed E-state index contributed by atoms with van der Waals surface area (Å²) in [6.45, 7) is 1.68. The van der Waals surface area contributed by atoms with Crippen molar-refractivity contribution >= 4 is 44.9 Å². The van der Waals surface area contributed by atoms with E-state index in [4.69, 9.17) is 4.52 Å². The zero-order chi connectivity index (χ0) is 18.0. The fraction of sp³-hybridized carbons (Fsp3) is 0.267. The van der Waals surface area contributed by atoms with Crippen LogP contribution in [0.4, 0.5) is 11.5 Å². The molecule has 0 aliphatic carbocycles. The van der Waals surface area contributed by atoms with E-state index in [-0.39, 0.29) is 34.5 Å². The molecule has 10 heteroatoms. The third-order valence-corrected chi connectivity index (χ3v) is 6.21. The maximum atomic E-state index is 12.4. The maximum Gasteiger partial charge on any atom is 0.234 e. The van der Waals surface area contributed by atoms with E-state index in [2.05, 4.69) is 15.8 Å². The number of anilines is 2. The summed E-state index contributed by atoms with van der Waals surface area (Å²) in [4.78, 5) is 24.0. The van der Waals surface area contributed by atoms with Gasteiger partial charge in [-0.25, -0.2) is 8.42 Å². The van der Waals surface area contributed by atoms with Gasteiger partial charge in [0.05, 0.1) is 22.1 Å². The van der Waals surface area contributed by atoms with Crippen molar-refractivity contribution in [2.75, 3.05) is 22.1 Å². The third kappa shape index (κ3) is 4.20. The summed E-state index contributed by atoms with van der Waals surface area (Å²) < 4.78 is 29.7. The van der Waals surface area contributed by atoms with Gasteiger partial charge in [0.15, 0.2) is 15.7 Å². The molecule has 0 saturated heterocycles. The minimum atomic E-state index is -3.62. The van der Waals surface area contributed by atoms with E-state index in [1.807, 2.05) is 0 Å². The first-order valence-electron chi connectivity index (χ1n) is 7.36. The average Bonchev–Trinajstić information content (AvgIpc) is 2.97. The monoisotopic (exact) mass is 381 g/mol.